The topological polar surface area (TPSA) is 45.2 Å². The second kappa shape index (κ2) is 4.28. The Hall–Kier alpha value is -0.950. The summed E-state index contributed by atoms with van der Waals surface area (Å²) in [5.74, 6) is 0.194. The molecule has 0 aromatic carbocycles. The van der Waals surface area contributed by atoms with E-state index >= 15 is 0 Å². The van der Waals surface area contributed by atoms with Crippen LogP contribution in [-0.4, -0.2) is 23.3 Å². The number of nitrogens with zero attached hydrogens (tertiary/aromatic N) is 1. The summed E-state index contributed by atoms with van der Waals surface area (Å²) in [6.07, 6.45) is -7.28. The van der Waals surface area contributed by atoms with Gasteiger partial charge in [-0.1, -0.05) is 0 Å². The van der Waals surface area contributed by atoms with E-state index in [0.717, 1.165) is 6.07 Å². The molecule has 1 aromatic heterocycles. The Bertz CT molecular complexity index is 356. The molecule has 0 radical (unpaired) electrons. The molecule has 1 unspecified atom stereocenters. The lowest BCUT2D eigenvalue weighted by molar-refractivity contribution is -0.207. The van der Waals surface area contributed by atoms with Crippen LogP contribution in [0.4, 0.5) is 19.0 Å². The molecule has 1 atom stereocenters. The molecule has 15 heavy (non-hydrogen) atoms. The van der Waals surface area contributed by atoms with Crippen LogP contribution in [-0.2, 0) is 0 Å². The molecule has 0 aliphatic heterocycles. The van der Waals surface area contributed by atoms with Crippen molar-refractivity contribution < 1.29 is 18.3 Å². The largest absolute Gasteiger partial charge is 0.420 e. The normalized spacial score (nSPS) is 13.7. The standard InChI is InChI=1S/C8H9F3N2OS/c1-12-7-5(15)3-2-4(13-7)6(14)8(9,10)11/h2-3,6,14-15H,1H3,(H,12,13). The zero-order chi connectivity index (χ0) is 11.6. The fourth-order valence-corrected chi connectivity index (χ4v) is 1.21. The van der Waals surface area contributed by atoms with Gasteiger partial charge in [0.05, 0.1) is 5.69 Å². The van der Waals surface area contributed by atoms with Crippen molar-refractivity contribution in [2.75, 3.05) is 12.4 Å². The van der Waals surface area contributed by atoms with Crippen molar-refractivity contribution in [1.82, 2.24) is 4.98 Å². The van der Waals surface area contributed by atoms with E-state index in [2.05, 4.69) is 22.9 Å². The van der Waals surface area contributed by atoms with E-state index in [1.54, 1.807) is 0 Å². The summed E-state index contributed by atoms with van der Waals surface area (Å²) >= 11 is 3.98. The quantitative estimate of drug-likeness (QED) is 0.691. The van der Waals surface area contributed by atoms with E-state index in [0.29, 0.717) is 4.90 Å². The first-order valence-corrected chi connectivity index (χ1v) is 4.43. The number of nitrogens with one attached hydrogen (secondary N) is 1. The van der Waals surface area contributed by atoms with Gasteiger partial charge in [-0.15, -0.1) is 12.6 Å². The highest BCUT2D eigenvalue weighted by atomic mass is 32.1. The Balaban J connectivity index is 3.06. The number of halogens is 3. The minimum atomic E-state index is -4.71. The summed E-state index contributed by atoms with van der Waals surface area (Å²) in [6, 6.07) is 2.42. The van der Waals surface area contributed by atoms with Crippen LogP contribution in [0.1, 0.15) is 11.8 Å². The minimum absolute atomic E-state index is 0.194. The average Bonchev–Trinajstić information content (AvgIpc) is 2.16. The van der Waals surface area contributed by atoms with E-state index in [4.69, 9.17) is 5.11 Å². The SMILES string of the molecule is CNc1nc(C(O)C(F)(F)F)ccc1S. The van der Waals surface area contributed by atoms with Crippen LogP contribution in [0.3, 0.4) is 0 Å². The van der Waals surface area contributed by atoms with Gasteiger partial charge < -0.3 is 10.4 Å². The van der Waals surface area contributed by atoms with Crippen LogP contribution >= 0.6 is 12.6 Å². The molecule has 0 saturated carbocycles. The molecule has 84 valence electrons. The molecule has 0 fully saturated rings. The summed E-state index contributed by atoms with van der Waals surface area (Å²) in [5.41, 5.74) is -0.454. The maximum Gasteiger partial charge on any atom is 0.420 e. The first-order chi connectivity index (χ1) is 6.86. The van der Waals surface area contributed by atoms with Crippen LogP contribution in [0, 0.1) is 0 Å². The van der Waals surface area contributed by atoms with Gasteiger partial charge in [0.2, 0.25) is 0 Å². The number of hydrogen-bond donors (Lipinski definition) is 3. The van der Waals surface area contributed by atoms with Crippen LogP contribution in [0.2, 0.25) is 0 Å². The fourth-order valence-electron chi connectivity index (χ4n) is 0.971. The number of aliphatic hydroxyl groups excluding tert-OH is 1. The summed E-state index contributed by atoms with van der Waals surface area (Å²) in [6.45, 7) is 0. The molecule has 0 aliphatic rings. The van der Waals surface area contributed by atoms with Crippen molar-refractivity contribution in [2.24, 2.45) is 0 Å². The Kier molecular flexibility index (Phi) is 3.46. The average molecular weight is 238 g/mol. The number of aromatic nitrogens is 1. The van der Waals surface area contributed by atoms with E-state index in [9.17, 15) is 13.2 Å². The second-order valence-electron chi connectivity index (χ2n) is 2.80. The van der Waals surface area contributed by atoms with Crippen molar-refractivity contribution in [3.05, 3.63) is 17.8 Å². The molecule has 0 saturated heterocycles. The van der Waals surface area contributed by atoms with Gasteiger partial charge in [-0.25, -0.2) is 4.98 Å². The molecule has 3 nitrogen and oxygen atoms in total. The smallest absolute Gasteiger partial charge is 0.378 e. The number of alkyl halides is 3. The predicted octanol–water partition coefficient (Wildman–Crippen LogP) is 2.01. The van der Waals surface area contributed by atoms with Crippen LogP contribution < -0.4 is 5.32 Å². The fraction of sp³-hybridized carbons (Fsp3) is 0.375. The third-order valence-corrected chi connectivity index (χ3v) is 2.08. The molecular formula is C8H9F3N2OS. The highest BCUT2D eigenvalue weighted by Crippen LogP contribution is 2.32. The molecule has 0 spiro atoms. The Morgan fingerprint density at radius 3 is 2.53 bits per heavy atom. The zero-order valence-electron chi connectivity index (χ0n) is 7.71. The highest BCUT2D eigenvalue weighted by Gasteiger charge is 2.40. The van der Waals surface area contributed by atoms with Crippen molar-refractivity contribution >= 4 is 18.4 Å². The van der Waals surface area contributed by atoms with Gasteiger partial charge in [0.15, 0.2) is 6.10 Å². The highest BCUT2D eigenvalue weighted by molar-refractivity contribution is 7.80. The molecule has 1 heterocycles. The van der Waals surface area contributed by atoms with E-state index in [-0.39, 0.29) is 5.82 Å². The monoisotopic (exact) mass is 238 g/mol. The lowest BCUT2D eigenvalue weighted by atomic mass is 10.2. The van der Waals surface area contributed by atoms with Gasteiger partial charge >= 0.3 is 6.18 Å². The molecule has 0 bridgehead atoms. The third-order valence-electron chi connectivity index (χ3n) is 1.72. The van der Waals surface area contributed by atoms with Crippen molar-refractivity contribution in [3.8, 4) is 0 Å². The zero-order valence-corrected chi connectivity index (χ0v) is 8.60. The first-order valence-electron chi connectivity index (χ1n) is 3.98. The number of anilines is 1. The minimum Gasteiger partial charge on any atom is -0.378 e. The second-order valence-corrected chi connectivity index (χ2v) is 3.28. The summed E-state index contributed by atoms with van der Waals surface area (Å²) < 4.78 is 36.4. The van der Waals surface area contributed by atoms with Gasteiger partial charge in [-0.05, 0) is 12.1 Å². The molecule has 2 N–H and O–H groups in total. The lowest BCUT2D eigenvalue weighted by Crippen LogP contribution is -2.21. The summed E-state index contributed by atoms with van der Waals surface area (Å²) in [7, 11) is 1.51. The van der Waals surface area contributed by atoms with Crippen LogP contribution in [0.15, 0.2) is 17.0 Å². The third kappa shape index (κ3) is 2.75. The van der Waals surface area contributed by atoms with Gasteiger partial charge in [-0.2, -0.15) is 13.2 Å². The van der Waals surface area contributed by atoms with Crippen molar-refractivity contribution in [3.63, 3.8) is 0 Å². The number of rotatable bonds is 2. The summed E-state index contributed by atoms with van der Waals surface area (Å²) in [5, 5.41) is 11.5. The number of aliphatic hydroxyl groups is 1. The van der Waals surface area contributed by atoms with Crippen molar-refractivity contribution in [1.29, 1.82) is 0 Å². The van der Waals surface area contributed by atoms with Gasteiger partial charge in [0.1, 0.15) is 5.82 Å². The molecule has 0 aliphatic carbocycles. The van der Waals surface area contributed by atoms with Crippen molar-refractivity contribution in [2.45, 2.75) is 17.2 Å². The van der Waals surface area contributed by atoms with E-state index < -0.39 is 18.0 Å². The van der Waals surface area contributed by atoms with Gasteiger partial charge in [0, 0.05) is 11.9 Å². The van der Waals surface area contributed by atoms with Crippen LogP contribution in [0.25, 0.3) is 0 Å². The molecule has 7 heteroatoms. The molecule has 1 aromatic rings. The predicted molar refractivity (Wildman–Crippen MR) is 52.1 cm³/mol. The van der Waals surface area contributed by atoms with Crippen LogP contribution in [0.5, 0.6) is 0 Å². The van der Waals surface area contributed by atoms with E-state index in [1.165, 1.54) is 13.1 Å². The maximum absolute atomic E-state index is 12.1. The Morgan fingerprint density at radius 2 is 2.07 bits per heavy atom. The van der Waals surface area contributed by atoms with E-state index in [1.807, 2.05) is 0 Å². The lowest BCUT2D eigenvalue weighted by Gasteiger charge is -2.15. The van der Waals surface area contributed by atoms with Gasteiger partial charge in [-0.3, -0.25) is 0 Å². The number of thiol groups is 1. The molecular weight excluding hydrogens is 229 g/mol. The Labute approximate surface area is 89.7 Å². The molecule has 0 amide bonds. The first kappa shape index (κ1) is 12.1. The number of pyridine rings is 1. The summed E-state index contributed by atoms with van der Waals surface area (Å²) in [4.78, 5) is 4.01. The van der Waals surface area contributed by atoms with Gasteiger partial charge in [0.25, 0.3) is 0 Å². The number of hydrogen-bond acceptors (Lipinski definition) is 4. The Morgan fingerprint density at radius 1 is 1.47 bits per heavy atom. The molecule has 1 rings (SSSR count). The maximum atomic E-state index is 12.1.